The fourth-order valence-electron chi connectivity index (χ4n) is 5.55. The molecule has 6 N–H and O–H groups in total. The van der Waals surface area contributed by atoms with Crippen molar-refractivity contribution in [3.8, 4) is 5.75 Å². The number of fused-ring (bicyclic) bond motifs is 3. The number of benzene rings is 1. The van der Waals surface area contributed by atoms with Crippen molar-refractivity contribution in [3.05, 3.63) is 45.7 Å². The van der Waals surface area contributed by atoms with E-state index in [4.69, 9.17) is 5.73 Å². The van der Waals surface area contributed by atoms with E-state index in [0.717, 1.165) is 12.8 Å². The topological polar surface area (TPSA) is 175 Å². The monoisotopic (exact) mass is 469 g/mol. The summed E-state index contributed by atoms with van der Waals surface area (Å²) in [6.07, 6.45) is 2.60. The normalized spacial score (nSPS) is 26.2. The van der Waals surface area contributed by atoms with Gasteiger partial charge in [0.25, 0.3) is 5.91 Å². The number of aromatic hydroxyl groups is 1. The lowest BCUT2D eigenvalue weighted by Gasteiger charge is -2.46. The lowest BCUT2D eigenvalue weighted by atomic mass is 9.59. The van der Waals surface area contributed by atoms with Gasteiger partial charge in [0.15, 0.2) is 17.2 Å². The van der Waals surface area contributed by atoms with Crippen LogP contribution in [0.3, 0.4) is 0 Å². The third kappa shape index (κ3) is 3.34. The van der Waals surface area contributed by atoms with E-state index in [2.05, 4.69) is 0 Å². The standard InChI is InChI=1S/C25H27NO8/c1-2-3-4-5-15(27)13-6-7-16(28)19-14(13)9-11-8-12-10-17(29)20(24(26)33)23(32)25(12,34)22(31)18(11)21(19)30/h6-7,11-12,28,30,32,34H,2-5,8-10H2,1H3,(H2,26,33). The summed E-state index contributed by atoms with van der Waals surface area (Å²) in [4.78, 5) is 50.4. The Morgan fingerprint density at radius 1 is 1.12 bits per heavy atom. The highest BCUT2D eigenvalue weighted by Crippen LogP contribution is 2.52. The highest BCUT2D eigenvalue weighted by molar-refractivity contribution is 6.22. The SMILES string of the molecule is CCCCCC(=O)c1ccc(O)c2c1CC1CC3CC(=O)C(C(N)=O)=C(O)C3(O)C(=O)C1=C2O. The molecule has 0 spiro atoms. The smallest absolute Gasteiger partial charge is 0.255 e. The van der Waals surface area contributed by atoms with Crippen LogP contribution >= 0.6 is 0 Å². The molecule has 3 aliphatic rings. The van der Waals surface area contributed by atoms with Crippen LogP contribution in [0, 0.1) is 11.8 Å². The van der Waals surface area contributed by atoms with Gasteiger partial charge in [-0.05, 0) is 42.9 Å². The van der Waals surface area contributed by atoms with Crippen molar-refractivity contribution in [2.75, 3.05) is 0 Å². The summed E-state index contributed by atoms with van der Waals surface area (Å²) in [5.74, 6) is -6.97. The fraction of sp³-hybridized carbons (Fsp3) is 0.440. The van der Waals surface area contributed by atoms with Crippen LogP contribution in [0.2, 0.25) is 0 Å². The van der Waals surface area contributed by atoms with Crippen molar-refractivity contribution in [3.63, 3.8) is 0 Å². The molecule has 9 nitrogen and oxygen atoms in total. The number of rotatable bonds is 6. The molecule has 1 fully saturated rings. The van der Waals surface area contributed by atoms with E-state index >= 15 is 0 Å². The summed E-state index contributed by atoms with van der Waals surface area (Å²) < 4.78 is 0. The highest BCUT2D eigenvalue weighted by atomic mass is 16.3. The van der Waals surface area contributed by atoms with Gasteiger partial charge < -0.3 is 26.2 Å². The first-order chi connectivity index (χ1) is 16.0. The van der Waals surface area contributed by atoms with Crippen molar-refractivity contribution in [2.24, 2.45) is 17.6 Å². The molecule has 3 aliphatic carbocycles. The maximum atomic E-state index is 13.5. The average Bonchev–Trinajstić information content (AvgIpc) is 2.76. The molecule has 34 heavy (non-hydrogen) atoms. The number of phenols is 1. The number of ketones is 3. The molecule has 3 atom stereocenters. The molecule has 3 unspecified atom stereocenters. The molecule has 180 valence electrons. The number of hydrogen-bond acceptors (Lipinski definition) is 8. The lowest BCUT2D eigenvalue weighted by Crippen LogP contribution is -2.58. The predicted molar refractivity (Wildman–Crippen MR) is 120 cm³/mol. The number of aliphatic hydroxyl groups is 3. The zero-order chi connectivity index (χ0) is 24.9. The number of unbranched alkanes of at least 4 members (excludes halogenated alkanes) is 2. The second kappa shape index (κ2) is 8.39. The van der Waals surface area contributed by atoms with E-state index in [1.165, 1.54) is 12.1 Å². The van der Waals surface area contributed by atoms with Gasteiger partial charge in [-0.2, -0.15) is 0 Å². The van der Waals surface area contributed by atoms with E-state index in [1.54, 1.807) is 0 Å². The van der Waals surface area contributed by atoms with Crippen LogP contribution in [0.25, 0.3) is 5.76 Å². The van der Waals surface area contributed by atoms with Gasteiger partial charge in [-0.3, -0.25) is 19.2 Å². The van der Waals surface area contributed by atoms with Crippen molar-refractivity contribution in [1.29, 1.82) is 0 Å². The quantitative estimate of drug-likeness (QED) is 0.239. The van der Waals surface area contributed by atoms with Crippen molar-refractivity contribution < 1.29 is 39.6 Å². The number of primary amides is 1. The van der Waals surface area contributed by atoms with Crippen LogP contribution < -0.4 is 5.73 Å². The van der Waals surface area contributed by atoms with Gasteiger partial charge >= 0.3 is 0 Å². The zero-order valence-electron chi connectivity index (χ0n) is 18.8. The number of carbonyl (C=O) groups excluding carboxylic acids is 4. The minimum atomic E-state index is -2.60. The van der Waals surface area contributed by atoms with Gasteiger partial charge in [-0.15, -0.1) is 0 Å². The van der Waals surface area contributed by atoms with Gasteiger partial charge in [0, 0.05) is 29.9 Å². The van der Waals surface area contributed by atoms with Gasteiger partial charge in [-0.1, -0.05) is 19.8 Å². The molecule has 1 aromatic carbocycles. The Kier molecular flexibility index (Phi) is 5.85. The maximum absolute atomic E-state index is 13.5. The lowest BCUT2D eigenvalue weighted by molar-refractivity contribution is -0.147. The van der Waals surface area contributed by atoms with Crippen molar-refractivity contribution in [1.82, 2.24) is 0 Å². The number of hydrogen-bond donors (Lipinski definition) is 5. The molecule has 0 bridgehead atoms. The Morgan fingerprint density at radius 3 is 2.47 bits per heavy atom. The minimum absolute atomic E-state index is 0.0298. The number of nitrogens with two attached hydrogens (primary N) is 1. The summed E-state index contributed by atoms with van der Waals surface area (Å²) >= 11 is 0. The Hall–Kier alpha value is -3.46. The number of aliphatic hydroxyl groups excluding tert-OH is 2. The molecule has 0 saturated heterocycles. The van der Waals surface area contributed by atoms with Crippen molar-refractivity contribution >= 4 is 29.0 Å². The summed E-state index contributed by atoms with van der Waals surface area (Å²) in [7, 11) is 0. The molecular formula is C25H27NO8. The number of Topliss-reactive ketones (excluding diaryl/α,β-unsaturated/α-hetero) is 3. The molecular weight excluding hydrogens is 442 g/mol. The Morgan fingerprint density at radius 2 is 1.82 bits per heavy atom. The minimum Gasteiger partial charge on any atom is -0.508 e. The van der Waals surface area contributed by atoms with E-state index in [1.807, 2.05) is 6.92 Å². The zero-order valence-corrected chi connectivity index (χ0v) is 18.8. The Bertz CT molecular complexity index is 1190. The first-order valence-electron chi connectivity index (χ1n) is 11.4. The fourth-order valence-corrected chi connectivity index (χ4v) is 5.55. The van der Waals surface area contributed by atoms with Gasteiger partial charge in [-0.25, -0.2) is 0 Å². The third-order valence-corrected chi connectivity index (χ3v) is 7.25. The molecule has 9 heteroatoms. The molecule has 0 aromatic heterocycles. The van der Waals surface area contributed by atoms with Crippen LogP contribution in [0.5, 0.6) is 5.75 Å². The molecule has 0 heterocycles. The number of carbonyl (C=O) groups is 4. The first kappa shape index (κ1) is 23.7. The Balaban J connectivity index is 1.84. The van der Waals surface area contributed by atoms with Gasteiger partial charge in [0.1, 0.15) is 22.8 Å². The molecule has 1 saturated carbocycles. The van der Waals surface area contributed by atoms with Crippen LogP contribution in [0.15, 0.2) is 29.0 Å². The summed E-state index contributed by atoms with van der Waals surface area (Å²) in [5, 5.41) is 43.3. The largest absolute Gasteiger partial charge is 0.508 e. The van der Waals surface area contributed by atoms with E-state index in [9.17, 15) is 39.6 Å². The van der Waals surface area contributed by atoms with Crippen LogP contribution in [0.4, 0.5) is 0 Å². The molecule has 0 radical (unpaired) electrons. The van der Waals surface area contributed by atoms with Gasteiger partial charge in [0.2, 0.25) is 5.78 Å². The Labute approximate surface area is 195 Å². The third-order valence-electron chi connectivity index (χ3n) is 7.25. The number of amides is 1. The molecule has 0 aliphatic heterocycles. The van der Waals surface area contributed by atoms with E-state index in [-0.39, 0.29) is 41.9 Å². The van der Waals surface area contributed by atoms with E-state index in [0.29, 0.717) is 24.0 Å². The van der Waals surface area contributed by atoms with E-state index < -0.39 is 52.0 Å². The summed E-state index contributed by atoms with van der Waals surface area (Å²) in [5.41, 5.74) is 2.23. The second-order valence-electron chi connectivity index (χ2n) is 9.27. The van der Waals surface area contributed by atoms with Crippen LogP contribution in [0.1, 0.15) is 66.9 Å². The highest BCUT2D eigenvalue weighted by Gasteiger charge is 2.60. The summed E-state index contributed by atoms with van der Waals surface area (Å²) in [6, 6.07) is 2.77. The van der Waals surface area contributed by atoms with Crippen LogP contribution in [-0.2, 0) is 20.8 Å². The maximum Gasteiger partial charge on any atom is 0.255 e. The molecule has 4 rings (SSSR count). The van der Waals surface area contributed by atoms with Crippen molar-refractivity contribution in [2.45, 2.75) is 57.5 Å². The number of phenolic OH excluding ortho intramolecular Hbond substituents is 1. The molecule has 1 amide bonds. The van der Waals surface area contributed by atoms with Gasteiger partial charge in [0.05, 0.1) is 5.56 Å². The predicted octanol–water partition coefficient (Wildman–Crippen LogP) is 2.19. The summed E-state index contributed by atoms with van der Waals surface area (Å²) in [6.45, 7) is 2.02. The first-order valence-corrected chi connectivity index (χ1v) is 11.4. The van der Waals surface area contributed by atoms with Crippen LogP contribution in [-0.4, -0.2) is 49.3 Å². The second-order valence-corrected chi connectivity index (χ2v) is 9.27. The molecule has 1 aromatic rings. The average molecular weight is 469 g/mol.